The predicted octanol–water partition coefficient (Wildman–Crippen LogP) is 2.56. The fraction of sp³-hybridized carbons (Fsp3) is 0.333. The van der Waals surface area contributed by atoms with E-state index in [0.717, 1.165) is 21.5 Å². The van der Waals surface area contributed by atoms with Crippen LogP contribution < -0.4 is 5.32 Å². The molecule has 2 rings (SSSR count). The number of hydrogen-bond donors (Lipinski definition) is 1. The Kier molecular flexibility index (Phi) is 5.14. The van der Waals surface area contributed by atoms with Crippen molar-refractivity contribution < 1.29 is 4.79 Å². The van der Waals surface area contributed by atoms with Crippen LogP contribution in [0.15, 0.2) is 35.1 Å². The molecule has 1 amide bonds. The molecule has 0 radical (unpaired) electrons. The van der Waals surface area contributed by atoms with E-state index in [-0.39, 0.29) is 5.91 Å². The highest BCUT2D eigenvalue weighted by Crippen LogP contribution is 2.19. The molecule has 0 saturated carbocycles. The van der Waals surface area contributed by atoms with Gasteiger partial charge < -0.3 is 9.88 Å². The van der Waals surface area contributed by atoms with E-state index in [4.69, 9.17) is 0 Å². The van der Waals surface area contributed by atoms with Crippen LogP contribution in [0.2, 0.25) is 0 Å². The number of halogens is 1. The average molecular weight is 351 g/mol. The highest BCUT2D eigenvalue weighted by Gasteiger charge is 2.10. The number of carbonyl (C=O) groups is 1. The zero-order valence-electron chi connectivity index (χ0n) is 12.4. The number of likely N-dealkylation sites (N-methyl/N-ethyl adjacent to an activating group) is 1. The van der Waals surface area contributed by atoms with Gasteiger partial charge in [-0.3, -0.25) is 9.69 Å². The summed E-state index contributed by atoms with van der Waals surface area (Å²) in [5, 5.41) is 2.93. The van der Waals surface area contributed by atoms with Gasteiger partial charge in [0.2, 0.25) is 5.91 Å². The molecule has 0 spiro atoms. The van der Waals surface area contributed by atoms with Crippen molar-refractivity contribution in [3.05, 3.63) is 46.5 Å². The lowest BCUT2D eigenvalue weighted by atomic mass is 10.2. The molecule has 0 aliphatic rings. The first-order chi connectivity index (χ1) is 9.95. The van der Waals surface area contributed by atoms with Crippen LogP contribution in [0.4, 0.5) is 5.69 Å². The molecular weight excluding hydrogens is 332 g/mol. The maximum absolute atomic E-state index is 12.1. The molecule has 21 heavy (non-hydrogen) atoms. The van der Waals surface area contributed by atoms with Crippen molar-refractivity contribution in [2.45, 2.75) is 13.5 Å². The summed E-state index contributed by atoms with van der Waals surface area (Å²) in [6.07, 6.45) is 3.66. The molecule has 6 heteroatoms. The Morgan fingerprint density at radius 2 is 2.24 bits per heavy atom. The Morgan fingerprint density at radius 3 is 2.86 bits per heavy atom. The molecule has 0 aliphatic heterocycles. The van der Waals surface area contributed by atoms with Gasteiger partial charge in [-0.25, -0.2) is 4.98 Å². The molecule has 1 heterocycles. The van der Waals surface area contributed by atoms with Gasteiger partial charge >= 0.3 is 0 Å². The number of anilines is 1. The Hall–Kier alpha value is -1.66. The number of imidazole rings is 1. The monoisotopic (exact) mass is 350 g/mol. The lowest BCUT2D eigenvalue weighted by molar-refractivity contribution is -0.117. The second-order valence-corrected chi connectivity index (χ2v) is 6.05. The third kappa shape index (κ3) is 4.41. The standard InChI is InChI=1S/C15H19BrN4O/c1-11-8-12(16)4-5-13(11)18-15(21)10-19(2)9-14-17-6-7-20(14)3/h4-8H,9-10H2,1-3H3,(H,18,21). The van der Waals surface area contributed by atoms with E-state index in [1.807, 2.05) is 54.9 Å². The normalized spacial score (nSPS) is 10.9. The highest BCUT2D eigenvalue weighted by molar-refractivity contribution is 9.10. The minimum absolute atomic E-state index is 0.0304. The molecule has 0 bridgehead atoms. The number of nitrogens with one attached hydrogen (secondary N) is 1. The predicted molar refractivity (Wildman–Crippen MR) is 87.1 cm³/mol. The lowest BCUT2D eigenvalue weighted by Gasteiger charge is -2.16. The van der Waals surface area contributed by atoms with Gasteiger partial charge in [0.25, 0.3) is 0 Å². The molecule has 1 aromatic carbocycles. The summed E-state index contributed by atoms with van der Waals surface area (Å²) in [5.74, 6) is 0.905. The van der Waals surface area contributed by atoms with Crippen molar-refractivity contribution in [2.75, 3.05) is 18.9 Å². The van der Waals surface area contributed by atoms with E-state index in [9.17, 15) is 4.79 Å². The number of rotatable bonds is 5. The molecule has 0 unspecified atom stereocenters. The first-order valence-corrected chi connectivity index (χ1v) is 7.46. The number of nitrogens with zero attached hydrogens (tertiary/aromatic N) is 3. The van der Waals surface area contributed by atoms with Crippen molar-refractivity contribution in [1.29, 1.82) is 0 Å². The molecule has 5 nitrogen and oxygen atoms in total. The first-order valence-electron chi connectivity index (χ1n) is 6.66. The van der Waals surface area contributed by atoms with E-state index in [1.54, 1.807) is 6.20 Å². The summed E-state index contributed by atoms with van der Waals surface area (Å²) in [5.41, 5.74) is 1.87. The van der Waals surface area contributed by atoms with E-state index < -0.39 is 0 Å². The highest BCUT2D eigenvalue weighted by atomic mass is 79.9. The number of hydrogen-bond acceptors (Lipinski definition) is 3. The molecule has 112 valence electrons. The Labute approximate surface area is 133 Å². The van der Waals surface area contributed by atoms with E-state index >= 15 is 0 Å². The number of aromatic nitrogens is 2. The van der Waals surface area contributed by atoms with Crippen molar-refractivity contribution >= 4 is 27.5 Å². The van der Waals surface area contributed by atoms with Crippen LogP contribution in [-0.2, 0) is 18.4 Å². The minimum atomic E-state index is -0.0304. The van der Waals surface area contributed by atoms with Crippen molar-refractivity contribution in [1.82, 2.24) is 14.5 Å². The second-order valence-electron chi connectivity index (χ2n) is 5.13. The molecule has 2 aromatic rings. The maximum atomic E-state index is 12.1. The first kappa shape index (κ1) is 15.7. The van der Waals surface area contributed by atoms with Gasteiger partial charge in [-0.15, -0.1) is 0 Å². The second kappa shape index (κ2) is 6.87. The summed E-state index contributed by atoms with van der Waals surface area (Å²) in [7, 11) is 3.85. The Bertz CT molecular complexity index is 638. The van der Waals surface area contributed by atoms with Crippen LogP contribution in [0.1, 0.15) is 11.4 Å². The number of carbonyl (C=O) groups excluding carboxylic acids is 1. The van der Waals surface area contributed by atoms with Gasteiger partial charge in [0, 0.05) is 29.6 Å². The summed E-state index contributed by atoms with van der Waals surface area (Å²) in [6, 6.07) is 5.80. The van der Waals surface area contributed by atoms with Gasteiger partial charge in [-0.1, -0.05) is 15.9 Å². The smallest absolute Gasteiger partial charge is 0.238 e. The summed E-state index contributed by atoms with van der Waals surface area (Å²) < 4.78 is 2.96. The fourth-order valence-corrected chi connectivity index (χ4v) is 2.52. The average Bonchev–Trinajstić information content (AvgIpc) is 2.78. The largest absolute Gasteiger partial charge is 0.337 e. The van der Waals surface area contributed by atoms with Crippen LogP contribution in [0.5, 0.6) is 0 Å². The Morgan fingerprint density at radius 1 is 1.48 bits per heavy atom. The zero-order valence-corrected chi connectivity index (χ0v) is 14.0. The summed E-state index contributed by atoms with van der Waals surface area (Å²) >= 11 is 3.41. The van der Waals surface area contributed by atoms with Gasteiger partial charge in [0.1, 0.15) is 5.82 Å². The summed E-state index contributed by atoms with van der Waals surface area (Å²) in [6.45, 7) is 2.93. The third-order valence-corrected chi connectivity index (χ3v) is 3.70. The van der Waals surface area contributed by atoms with Crippen molar-refractivity contribution in [3.63, 3.8) is 0 Å². The van der Waals surface area contributed by atoms with Gasteiger partial charge in [0.05, 0.1) is 13.1 Å². The van der Waals surface area contributed by atoms with Crippen LogP contribution >= 0.6 is 15.9 Å². The van der Waals surface area contributed by atoms with Gasteiger partial charge in [0.15, 0.2) is 0 Å². The van der Waals surface area contributed by atoms with E-state index in [0.29, 0.717) is 13.1 Å². The molecule has 1 aromatic heterocycles. The fourth-order valence-electron chi connectivity index (χ4n) is 2.05. The van der Waals surface area contributed by atoms with Gasteiger partial charge in [-0.05, 0) is 37.7 Å². The number of benzene rings is 1. The van der Waals surface area contributed by atoms with Crippen LogP contribution in [-0.4, -0.2) is 34.0 Å². The van der Waals surface area contributed by atoms with Crippen LogP contribution in [0.3, 0.4) is 0 Å². The number of aryl methyl sites for hydroxylation is 2. The molecule has 0 aliphatic carbocycles. The van der Waals surface area contributed by atoms with Crippen molar-refractivity contribution in [3.8, 4) is 0 Å². The third-order valence-electron chi connectivity index (χ3n) is 3.21. The van der Waals surface area contributed by atoms with Crippen molar-refractivity contribution in [2.24, 2.45) is 7.05 Å². The van der Waals surface area contributed by atoms with E-state index in [2.05, 4.69) is 26.2 Å². The topological polar surface area (TPSA) is 50.2 Å². The van der Waals surface area contributed by atoms with E-state index in [1.165, 1.54) is 0 Å². The SMILES string of the molecule is Cc1cc(Br)ccc1NC(=O)CN(C)Cc1nccn1C. The molecule has 1 N–H and O–H groups in total. The molecule has 0 saturated heterocycles. The zero-order chi connectivity index (χ0) is 15.4. The molecule has 0 fully saturated rings. The molecule has 0 atom stereocenters. The minimum Gasteiger partial charge on any atom is -0.337 e. The van der Waals surface area contributed by atoms with Crippen LogP contribution in [0.25, 0.3) is 0 Å². The lowest BCUT2D eigenvalue weighted by Crippen LogP contribution is -2.30. The maximum Gasteiger partial charge on any atom is 0.238 e. The Balaban J connectivity index is 1.90. The quantitative estimate of drug-likeness (QED) is 0.901. The van der Waals surface area contributed by atoms with Crippen LogP contribution in [0, 0.1) is 6.92 Å². The van der Waals surface area contributed by atoms with Gasteiger partial charge in [-0.2, -0.15) is 0 Å². The molecular formula is C15H19BrN4O. The summed E-state index contributed by atoms with van der Waals surface area (Å²) in [4.78, 5) is 18.3. The number of amides is 1.